The Labute approximate surface area is 87.2 Å². The number of ether oxygens (including phenoxy) is 1. The molecule has 0 aromatic rings. The molecular weight excluding hydrogens is 178 g/mol. The molecule has 3 heteroatoms. The van der Waals surface area contributed by atoms with Crippen molar-refractivity contribution in [2.75, 3.05) is 13.2 Å². The minimum Gasteiger partial charge on any atom is -0.374 e. The van der Waals surface area contributed by atoms with Gasteiger partial charge in [-0.3, -0.25) is 4.79 Å². The molecule has 0 aliphatic carbocycles. The van der Waals surface area contributed by atoms with Crippen LogP contribution in [0.15, 0.2) is 0 Å². The Balaban J connectivity index is 4.03. The van der Waals surface area contributed by atoms with Gasteiger partial charge in [-0.2, -0.15) is 0 Å². The second-order valence-corrected chi connectivity index (χ2v) is 4.35. The van der Waals surface area contributed by atoms with Crippen LogP contribution in [0.3, 0.4) is 0 Å². The number of likely N-dealkylation sites (N-methyl/N-ethyl adjacent to an activating group) is 1. The van der Waals surface area contributed by atoms with Gasteiger partial charge in [0.1, 0.15) is 0 Å². The second-order valence-electron chi connectivity index (χ2n) is 4.35. The van der Waals surface area contributed by atoms with Crippen LogP contribution < -0.4 is 5.32 Å². The molecule has 1 N–H and O–H groups in total. The number of Topliss-reactive ketones (excluding diaryl/α,β-unsaturated/α-hetero) is 1. The molecule has 0 aliphatic heterocycles. The third-order valence-electron chi connectivity index (χ3n) is 1.87. The standard InChI is InChI=1S/C11H23NO2/c1-6-10(13)9(12-7-2)8-14-11(3,4)5/h9,12H,6-8H2,1-5H3. The van der Waals surface area contributed by atoms with Gasteiger partial charge in [-0.15, -0.1) is 0 Å². The van der Waals surface area contributed by atoms with Crippen LogP contribution in [-0.4, -0.2) is 30.6 Å². The van der Waals surface area contributed by atoms with Gasteiger partial charge in [0.25, 0.3) is 0 Å². The van der Waals surface area contributed by atoms with Crippen molar-refractivity contribution in [3.8, 4) is 0 Å². The molecule has 1 unspecified atom stereocenters. The SMILES string of the molecule is CCNC(COC(C)(C)C)C(=O)CC. The van der Waals surface area contributed by atoms with E-state index in [1.807, 2.05) is 34.6 Å². The van der Waals surface area contributed by atoms with Crippen molar-refractivity contribution in [1.29, 1.82) is 0 Å². The average molecular weight is 201 g/mol. The van der Waals surface area contributed by atoms with Gasteiger partial charge >= 0.3 is 0 Å². The fourth-order valence-corrected chi connectivity index (χ4v) is 1.09. The van der Waals surface area contributed by atoms with Gasteiger partial charge in [0, 0.05) is 6.42 Å². The molecule has 0 aliphatic rings. The lowest BCUT2D eigenvalue weighted by Crippen LogP contribution is -2.42. The number of rotatable bonds is 6. The summed E-state index contributed by atoms with van der Waals surface area (Å²) in [5, 5.41) is 3.13. The van der Waals surface area contributed by atoms with E-state index in [2.05, 4.69) is 5.32 Å². The Morgan fingerprint density at radius 2 is 1.93 bits per heavy atom. The van der Waals surface area contributed by atoms with E-state index in [1.54, 1.807) is 0 Å². The van der Waals surface area contributed by atoms with Gasteiger partial charge in [-0.05, 0) is 27.3 Å². The highest BCUT2D eigenvalue weighted by molar-refractivity contribution is 5.83. The smallest absolute Gasteiger partial charge is 0.151 e. The molecule has 0 amide bonds. The van der Waals surface area contributed by atoms with E-state index in [4.69, 9.17) is 4.74 Å². The lowest BCUT2D eigenvalue weighted by atomic mass is 10.1. The summed E-state index contributed by atoms with van der Waals surface area (Å²) in [7, 11) is 0. The second kappa shape index (κ2) is 6.14. The molecule has 1 atom stereocenters. The zero-order valence-corrected chi connectivity index (χ0v) is 10.0. The third-order valence-corrected chi connectivity index (χ3v) is 1.87. The molecule has 0 rings (SSSR count). The molecule has 0 saturated carbocycles. The highest BCUT2D eigenvalue weighted by Crippen LogP contribution is 2.07. The largest absolute Gasteiger partial charge is 0.374 e. The van der Waals surface area contributed by atoms with Crippen molar-refractivity contribution in [2.24, 2.45) is 0 Å². The predicted octanol–water partition coefficient (Wildman–Crippen LogP) is 1.76. The van der Waals surface area contributed by atoms with E-state index < -0.39 is 0 Å². The van der Waals surface area contributed by atoms with E-state index in [9.17, 15) is 4.79 Å². The first-order valence-corrected chi connectivity index (χ1v) is 5.30. The molecule has 0 heterocycles. The maximum absolute atomic E-state index is 11.5. The quantitative estimate of drug-likeness (QED) is 0.711. The molecule has 0 bridgehead atoms. The molecule has 0 radical (unpaired) electrons. The Bertz CT molecular complexity index is 173. The zero-order chi connectivity index (χ0) is 11.2. The van der Waals surface area contributed by atoms with Crippen LogP contribution >= 0.6 is 0 Å². The van der Waals surface area contributed by atoms with Crippen LogP contribution in [0.1, 0.15) is 41.0 Å². The number of ketones is 1. The molecule has 0 aromatic carbocycles. The number of carbonyl (C=O) groups is 1. The van der Waals surface area contributed by atoms with Crippen molar-refractivity contribution in [3.63, 3.8) is 0 Å². The topological polar surface area (TPSA) is 38.3 Å². The summed E-state index contributed by atoms with van der Waals surface area (Å²) in [6, 6.07) is -0.149. The minimum absolute atomic E-state index is 0.149. The number of nitrogens with one attached hydrogen (secondary N) is 1. The zero-order valence-electron chi connectivity index (χ0n) is 10.0. The van der Waals surface area contributed by atoms with Crippen molar-refractivity contribution in [3.05, 3.63) is 0 Å². The van der Waals surface area contributed by atoms with Crippen LogP contribution in [0.4, 0.5) is 0 Å². The van der Waals surface area contributed by atoms with Crippen molar-refractivity contribution in [1.82, 2.24) is 5.32 Å². The van der Waals surface area contributed by atoms with Gasteiger partial charge in [-0.25, -0.2) is 0 Å². The first kappa shape index (κ1) is 13.6. The number of hydrogen-bond donors (Lipinski definition) is 1. The van der Waals surface area contributed by atoms with Crippen molar-refractivity contribution in [2.45, 2.75) is 52.7 Å². The van der Waals surface area contributed by atoms with E-state index in [0.29, 0.717) is 13.0 Å². The monoisotopic (exact) mass is 201 g/mol. The van der Waals surface area contributed by atoms with E-state index in [-0.39, 0.29) is 17.4 Å². The van der Waals surface area contributed by atoms with Gasteiger partial charge < -0.3 is 10.1 Å². The fourth-order valence-electron chi connectivity index (χ4n) is 1.09. The van der Waals surface area contributed by atoms with E-state index in [0.717, 1.165) is 6.54 Å². The molecule has 14 heavy (non-hydrogen) atoms. The van der Waals surface area contributed by atoms with Crippen LogP contribution in [0.25, 0.3) is 0 Å². The Hall–Kier alpha value is -0.410. The molecule has 0 spiro atoms. The summed E-state index contributed by atoms with van der Waals surface area (Å²) in [4.78, 5) is 11.5. The summed E-state index contributed by atoms with van der Waals surface area (Å²) < 4.78 is 5.58. The van der Waals surface area contributed by atoms with Crippen LogP contribution in [0.2, 0.25) is 0 Å². The maximum atomic E-state index is 11.5. The first-order valence-electron chi connectivity index (χ1n) is 5.30. The normalized spacial score (nSPS) is 14.1. The maximum Gasteiger partial charge on any atom is 0.151 e. The van der Waals surface area contributed by atoms with Crippen LogP contribution in [0.5, 0.6) is 0 Å². The predicted molar refractivity (Wildman–Crippen MR) is 58.5 cm³/mol. The summed E-state index contributed by atoms with van der Waals surface area (Å²) >= 11 is 0. The summed E-state index contributed by atoms with van der Waals surface area (Å²) in [6.45, 7) is 11.1. The van der Waals surface area contributed by atoms with Crippen LogP contribution in [-0.2, 0) is 9.53 Å². The lowest BCUT2D eigenvalue weighted by molar-refractivity contribution is -0.123. The van der Waals surface area contributed by atoms with Crippen molar-refractivity contribution >= 4 is 5.78 Å². The molecule has 3 nitrogen and oxygen atoms in total. The van der Waals surface area contributed by atoms with Gasteiger partial charge in [0.15, 0.2) is 5.78 Å². The Morgan fingerprint density at radius 1 is 1.36 bits per heavy atom. The van der Waals surface area contributed by atoms with Crippen molar-refractivity contribution < 1.29 is 9.53 Å². The van der Waals surface area contributed by atoms with Gasteiger partial charge in [0.05, 0.1) is 18.2 Å². The average Bonchev–Trinajstić information content (AvgIpc) is 2.09. The van der Waals surface area contributed by atoms with E-state index >= 15 is 0 Å². The number of carbonyl (C=O) groups excluding carboxylic acids is 1. The summed E-state index contributed by atoms with van der Waals surface area (Å²) in [5.74, 6) is 0.219. The lowest BCUT2D eigenvalue weighted by Gasteiger charge is -2.24. The molecule has 0 saturated heterocycles. The molecular formula is C11H23NO2. The van der Waals surface area contributed by atoms with E-state index in [1.165, 1.54) is 0 Å². The van der Waals surface area contributed by atoms with Gasteiger partial charge in [-0.1, -0.05) is 13.8 Å². The number of hydrogen-bond acceptors (Lipinski definition) is 3. The summed E-state index contributed by atoms with van der Waals surface area (Å²) in [6.07, 6.45) is 0.561. The highest BCUT2D eigenvalue weighted by Gasteiger charge is 2.19. The minimum atomic E-state index is -0.179. The Morgan fingerprint density at radius 3 is 2.29 bits per heavy atom. The highest BCUT2D eigenvalue weighted by atomic mass is 16.5. The molecule has 0 aromatic heterocycles. The van der Waals surface area contributed by atoms with Gasteiger partial charge in [0.2, 0.25) is 0 Å². The fraction of sp³-hybridized carbons (Fsp3) is 0.909. The summed E-state index contributed by atoms with van der Waals surface area (Å²) in [5.41, 5.74) is -0.179. The first-order chi connectivity index (χ1) is 6.40. The Kier molecular flexibility index (Phi) is 5.96. The molecule has 84 valence electrons. The molecule has 0 fully saturated rings. The third kappa shape index (κ3) is 6.11. The van der Waals surface area contributed by atoms with Crippen LogP contribution in [0, 0.1) is 0 Å².